The van der Waals surface area contributed by atoms with Gasteiger partial charge in [0, 0.05) is 18.0 Å². The summed E-state index contributed by atoms with van der Waals surface area (Å²) in [7, 11) is 1.54. The van der Waals surface area contributed by atoms with Crippen molar-refractivity contribution in [3.05, 3.63) is 65.7 Å². The summed E-state index contributed by atoms with van der Waals surface area (Å²) in [5.41, 5.74) is 1.15. The summed E-state index contributed by atoms with van der Waals surface area (Å²) in [4.78, 5) is 23.1. The van der Waals surface area contributed by atoms with Crippen LogP contribution in [-0.4, -0.2) is 19.0 Å². The first-order chi connectivity index (χ1) is 10.6. The molecule has 2 aromatic rings. The fourth-order valence-corrected chi connectivity index (χ4v) is 2.09. The number of carbonyl (C=O) groups excluding carboxylic acids is 2. The SMILES string of the molecule is COc1ccc(C(=O)NC(CC(=O)[O-])c2ccccc2)cc1.[Na+]. The van der Waals surface area contributed by atoms with Gasteiger partial charge in [-0.15, -0.1) is 0 Å². The van der Waals surface area contributed by atoms with Crippen molar-refractivity contribution < 1.29 is 49.0 Å². The molecule has 0 heterocycles. The van der Waals surface area contributed by atoms with E-state index in [9.17, 15) is 14.7 Å². The maximum Gasteiger partial charge on any atom is 1.00 e. The standard InChI is InChI=1S/C17H17NO4.Na/c1-22-14-9-7-13(8-10-14)17(21)18-15(11-16(19)20)12-5-3-2-4-6-12;/h2-10,15H,11H2,1H3,(H,18,21)(H,19,20);/q;+1/p-1. The van der Waals surface area contributed by atoms with Gasteiger partial charge >= 0.3 is 29.6 Å². The zero-order valence-electron chi connectivity index (χ0n) is 13.1. The van der Waals surface area contributed by atoms with E-state index in [4.69, 9.17) is 4.74 Å². The molecule has 0 aromatic heterocycles. The molecule has 0 aliphatic rings. The van der Waals surface area contributed by atoms with Gasteiger partial charge in [-0.1, -0.05) is 30.3 Å². The summed E-state index contributed by atoms with van der Waals surface area (Å²) in [6, 6.07) is 14.9. The van der Waals surface area contributed by atoms with Gasteiger partial charge in [-0.25, -0.2) is 0 Å². The Balaban J connectivity index is 0.00000264. The van der Waals surface area contributed by atoms with Gasteiger partial charge in [0.15, 0.2) is 0 Å². The molecule has 0 fully saturated rings. The van der Waals surface area contributed by atoms with Gasteiger partial charge in [-0.3, -0.25) is 4.79 Å². The number of hydrogen-bond donors (Lipinski definition) is 1. The van der Waals surface area contributed by atoms with Crippen molar-refractivity contribution in [1.82, 2.24) is 5.32 Å². The summed E-state index contributed by atoms with van der Waals surface area (Å²) in [6.45, 7) is 0. The van der Waals surface area contributed by atoms with Gasteiger partial charge in [0.25, 0.3) is 5.91 Å². The van der Waals surface area contributed by atoms with Crippen molar-refractivity contribution in [2.24, 2.45) is 0 Å². The van der Waals surface area contributed by atoms with Crippen LogP contribution in [0.2, 0.25) is 0 Å². The largest absolute Gasteiger partial charge is 1.00 e. The topological polar surface area (TPSA) is 78.5 Å². The predicted octanol–water partition coefficient (Wildman–Crippen LogP) is -1.69. The maximum atomic E-state index is 12.2. The molecule has 1 amide bonds. The summed E-state index contributed by atoms with van der Waals surface area (Å²) in [6.07, 6.45) is -0.286. The number of amides is 1. The van der Waals surface area contributed by atoms with Gasteiger partial charge in [0.05, 0.1) is 13.2 Å². The number of methoxy groups -OCH3 is 1. The van der Waals surface area contributed by atoms with Crippen molar-refractivity contribution in [1.29, 1.82) is 0 Å². The molecule has 2 rings (SSSR count). The van der Waals surface area contributed by atoms with Crippen LogP contribution >= 0.6 is 0 Å². The number of benzene rings is 2. The van der Waals surface area contributed by atoms with Crippen LogP contribution in [0.4, 0.5) is 0 Å². The molecular weight excluding hydrogens is 305 g/mol. The zero-order valence-corrected chi connectivity index (χ0v) is 15.1. The summed E-state index contributed by atoms with van der Waals surface area (Å²) >= 11 is 0. The van der Waals surface area contributed by atoms with E-state index in [0.717, 1.165) is 0 Å². The average Bonchev–Trinajstić information content (AvgIpc) is 2.54. The van der Waals surface area contributed by atoms with Crippen LogP contribution in [0.15, 0.2) is 54.6 Å². The Hall–Kier alpha value is -1.82. The third-order valence-electron chi connectivity index (χ3n) is 3.23. The molecule has 23 heavy (non-hydrogen) atoms. The first kappa shape index (κ1) is 19.2. The van der Waals surface area contributed by atoms with Crippen molar-refractivity contribution in [2.45, 2.75) is 12.5 Å². The number of carboxylic acid groups (broad SMARTS) is 1. The number of ether oxygens (including phenoxy) is 1. The molecule has 5 nitrogen and oxygen atoms in total. The van der Waals surface area contributed by atoms with Crippen molar-refractivity contribution >= 4 is 11.9 Å². The van der Waals surface area contributed by atoms with Gasteiger partial charge in [0.1, 0.15) is 5.75 Å². The van der Waals surface area contributed by atoms with Crippen LogP contribution in [0.1, 0.15) is 28.4 Å². The zero-order chi connectivity index (χ0) is 15.9. The smallest absolute Gasteiger partial charge is 0.550 e. The molecule has 0 saturated heterocycles. The van der Waals surface area contributed by atoms with E-state index >= 15 is 0 Å². The second kappa shape index (κ2) is 9.35. The second-order valence-corrected chi connectivity index (χ2v) is 4.74. The van der Waals surface area contributed by atoms with Crippen molar-refractivity contribution in [3.8, 4) is 5.75 Å². The summed E-state index contributed by atoms with van der Waals surface area (Å²) < 4.78 is 5.03. The minimum absolute atomic E-state index is 0. The third-order valence-corrected chi connectivity index (χ3v) is 3.23. The van der Waals surface area contributed by atoms with Gasteiger partial charge in [-0.2, -0.15) is 0 Å². The number of aliphatic carboxylic acids is 1. The Morgan fingerprint density at radius 3 is 2.22 bits per heavy atom. The predicted molar refractivity (Wildman–Crippen MR) is 79.3 cm³/mol. The molecule has 114 valence electrons. The van der Waals surface area contributed by atoms with Gasteiger partial charge < -0.3 is 20.0 Å². The van der Waals surface area contributed by atoms with E-state index in [1.807, 2.05) is 6.07 Å². The number of carbonyl (C=O) groups is 2. The molecule has 0 aliphatic heterocycles. The van der Waals surface area contributed by atoms with Crippen molar-refractivity contribution in [2.75, 3.05) is 7.11 Å². The van der Waals surface area contributed by atoms with E-state index in [2.05, 4.69) is 5.32 Å². The van der Waals surface area contributed by atoms with E-state index in [-0.39, 0.29) is 41.9 Å². The molecule has 0 radical (unpaired) electrons. The van der Waals surface area contributed by atoms with E-state index in [1.165, 1.54) is 0 Å². The quantitative estimate of drug-likeness (QED) is 0.644. The fraction of sp³-hybridized carbons (Fsp3) is 0.176. The molecular formula is C17H16NNaO4. The number of carboxylic acids is 1. The number of nitrogens with one attached hydrogen (secondary N) is 1. The van der Waals surface area contributed by atoms with Crippen LogP contribution < -0.4 is 44.7 Å². The van der Waals surface area contributed by atoms with E-state index in [0.29, 0.717) is 16.9 Å². The molecule has 0 bridgehead atoms. The van der Waals surface area contributed by atoms with E-state index in [1.54, 1.807) is 55.6 Å². The second-order valence-electron chi connectivity index (χ2n) is 4.74. The van der Waals surface area contributed by atoms with Gasteiger partial charge in [-0.05, 0) is 29.8 Å². The molecule has 1 unspecified atom stereocenters. The Morgan fingerprint density at radius 2 is 1.70 bits per heavy atom. The Kier molecular flexibility index (Phi) is 7.81. The molecule has 0 spiro atoms. The van der Waals surface area contributed by atoms with Crippen molar-refractivity contribution in [3.63, 3.8) is 0 Å². The van der Waals surface area contributed by atoms with Crippen LogP contribution in [0.3, 0.4) is 0 Å². The van der Waals surface area contributed by atoms with Crippen LogP contribution in [0, 0.1) is 0 Å². The van der Waals surface area contributed by atoms with Crippen LogP contribution in [0.5, 0.6) is 5.75 Å². The monoisotopic (exact) mass is 321 g/mol. The minimum Gasteiger partial charge on any atom is -0.550 e. The molecule has 0 saturated carbocycles. The number of hydrogen-bond acceptors (Lipinski definition) is 4. The summed E-state index contributed by atoms with van der Waals surface area (Å²) in [5, 5.41) is 13.6. The Bertz CT molecular complexity index is 643. The number of rotatable bonds is 6. The Morgan fingerprint density at radius 1 is 1.09 bits per heavy atom. The molecule has 2 aromatic carbocycles. The fourth-order valence-electron chi connectivity index (χ4n) is 2.09. The summed E-state index contributed by atoms with van der Waals surface area (Å²) in [5.74, 6) is -0.924. The average molecular weight is 321 g/mol. The van der Waals surface area contributed by atoms with Gasteiger partial charge in [0.2, 0.25) is 0 Å². The van der Waals surface area contributed by atoms with Crippen LogP contribution in [0.25, 0.3) is 0 Å². The third kappa shape index (κ3) is 5.71. The Labute approximate surface area is 157 Å². The minimum atomic E-state index is -1.22. The van der Waals surface area contributed by atoms with E-state index < -0.39 is 12.0 Å². The maximum absolute atomic E-state index is 12.2. The molecule has 1 atom stereocenters. The first-order valence-electron chi connectivity index (χ1n) is 6.80. The van der Waals surface area contributed by atoms with Crippen LogP contribution in [-0.2, 0) is 4.79 Å². The molecule has 1 N–H and O–H groups in total. The first-order valence-corrected chi connectivity index (χ1v) is 6.80. The normalized spacial score (nSPS) is 11.0. The molecule has 6 heteroatoms. The molecule has 0 aliphatic carbocycles.